The lowest BCUT2D eigenvalue weighted by molar-refractivity contribution is -0.140. The summed E-state index contributed by atoms with van der Waals surface area (Å²) in [6, 6.07) is 10.0. The summed E-state index contributed by atoms with van der Waals surface area (Å²) < 4.78 is 22.4. The van der Waals surface area contributed by atoms with Crippen LogP contribution in [0.3, 0.4) is 0 Å². The molecule has 0 spiro atoms. The smallest absolute Gasteiger partial charge is 0.247 e. The Hall–Kier alpha value is -3.13. The molecule has 8 nitrogen and oxygen atoms in total. The molecule has 1 heterocycles. The third-order valence-electron chi connectivity index (χ3n) is 6.95. The molecule has 9 heteroatoms. The van der Waals surface area contributed by atoms with Crippen LogP contribution in [0.5, 0.6) is 23.0 Å². The van der Waals surface area contributed by atoms with Crippen LogP contribution in [-0.2, 0) is 16.1 Å². The fourth-order valence-electron chi connectivity index (χ4n) is 5.00. The van der Waals surface area contributed by atoms with Crippen LogP contribution in [0, 0.1) is 0 Å². The third-order valence-corrected chi connectivity index (χ3v) is 7.18. The number of carbonyl (C=O) groups is 2. The van der Waals surface area contributed by atoms with Gasteiger partial charge < -0.3 is 29.2 Å². The predicted octanol–water partition coefficient (Wildman–Crippen LogP) is 5.36. The lowest BCUT2D eigenvalue weighted by Gasteiger charge is -2.32. The van der Waals surface area contributed by atoms with Gasteiger partial charge in [0.15, 0.2) is 23.0 Å². The fraction of sp³-hybridized carbons (Fsp3) is 0.517. The number of alkyl halides is 1. The molecular weight excluding hydrogens is 508 g/mol. The molecule has 1 aliphatic heterocycles. The normalized spacial score (nSPS) is 15.9. The summed E-state index contributed by atoms with van der Waals surface area (Å²) in [4.78, 5) is 28.8. The maximum absolute atomic E-state index is 14.0. The van der Waals surface area contributed by atoms with Crippen LogP contribution in [0.25, 0.3) is 0 Å². The van der Waals surface area contributed by atoms with Crippen LogP contribution in [0.15, 0.2) is 36.4 Å². The summed E-state index contributed by atoms with van der Waals surface area (Å²) in [5.74, 6) is 1.51. The van der Waals surface area contributed by atoms with Gasteiger partial charge in [0.1, 0.15) is 11.9 Å². The van der Waals surface area contributed by atoms with Crippen molar-refractivity contribution in [2.75, 3.05) is 26.4 Å². The molecule has 0 aromatic heterocycles. The van der Waals surface area contributed by atoms with Crippen molar-refractivity contribution in [2.24, 2.45) is 0 Å². The number of rotatable bonds is 11. The van der Waals surface area contributed by atoms with Gasteiger partial charge in [-0.15, -0.1) is 11.6 Å². The van der Waals surface area contributed by atoms with Crippen LogP contribution in [0.2, 0.25) is 0 Å². The first-order valence-electron chi connectivity index (χ1n) is 13.4. The van der Waals surface area contributed by atoms with Crippen LogP contribution < -0.4 is 24.3 Å². The largest absolute Gasteiger partial charge is 0.493 e. The molecule has 2 aromatic rings. The number of amides is 2. The number of carbonyl (C=O) groups excluding carboxylic acids is 2. The van der Waals surface area contributed by atoms with Gasteiger partial charge in [-0.3, -0.25) is 9.59 Å². The molecule has 1 aliphatic carbocycles. The van der Waals surface area contributed by atoms with E-state index in [2.05, 4.69) is 5.32 Å². The zero-order valence-corrected chi connectivity index (χ0v) is 22.9. The van der Waals surface area contributed by atoms with E-state index in [1.54, 1.807) is 19.2 Å². The molecule has 0 radical (unpaired) electrons. The summed E-state index contributed by atoms with van der Waals surface area (Å²) in [5, 5.41) is 3.24. The average Bonchev–Trinajstić information content (AvgIpc) is 3.26. The molecule has 0 bridgehead atoms. The van der Waals surface area contributed by atoms with E-state index in [0.29, 0.717) is 35.2 Å². The maximum atomic E-state index is 14.0. The Bertz CT molecular complexity index is 1100. The highest BCUT2D eigenvalue weighted by atomic mass is 35.5. The number of nitrogens with zero attached hydrogens (tertiary/aromatic N) is 1. The Balaban J connectivity index is 1.69. The van der Waals surface area contributed by atoms with E-state index in [1.165, 1.54) is 17.7 Å². The quantitative estimate of drug-likeness (QED) is 0.303. The Labute approximate surface area is 229 Å². The number of fused-ring (bicyclic) bond motifs is 1. The summed E-state index contributed by atoms with van der Waals surface area (Å²) in [5.41, 5.74) is 1.42. The summed E-state index contributed by atoms with van der Waals surface area (Å²) in [6.45, 7) is 2.89. The highest BCUT2D eigenvalue weighted by molar-refractivity contribution is 6.27. The highest BCUT2D eigenvalue weighted by Gasteiger charge is 2.33. The minimum atomic E-state index is -0.913. The SMILES string of the molecule is CCCOc1ccc([C@@H](C(=O)NC2CCCCCC2)N(Cc2ccc3c(c2)OCO3)C(=O)CCl)cc1OC. The summed E-state index contributed by atoms with van der Waals surface area (Å²) in [6.07, 6.45) is 7.21. The number of ether oxygens (including phenoxy) is 4. The van der Waals surface area contributed by atoms with Crippen molar-refractivity contribution < 1.29 is 28.5 Å². The zero-order valence-electron chi connectivity index (χ0n) is 22.2. The molecule has 2 aliphatic rings. The van der Waals surface area contributed by atoms with Crippen molar-refractivity contribution in [1.29, 1.82) is 0 Å². The van der Waals surface area contributed by atoms with Crippen molar-refractivity contribution in [2.45, 2.75) is 70.5 Å². The highest BCUT2D eigenvalue weighted by Crippen LogP contribution is 2.36. The number of nitrogens with one attached hydrogen (secondary N) is 1. The molecule has 0 unspecified atom stereocenters. The molecule has 38 heavy (non-hydrogen) atoms. The Morgan fingerprint density at radius 2 is 1.82 bits per heavy atom. The Kier molecular flexibility index (Phi) is 9.98. The molecule has 1 atom stereocenters. The van der Waals surface area contributed by atoms with Crippen molar-refractivity contribution in [3.05, 3.63) is 47.5 Å². The monoisotopic (exact) mass is 544 g/mol. The lowest BCUT2D eigenvalue weighted by atomic mass is 10.0. The average molecular weight is 545 g/mol. The first-order valence-corrected chi connectivity index (χ1v) is 13.9. The van der Waals surface area contributed by atoms with Gasteiger partial charge in [-0.2, -0.15) is 0 Å². The van der Waals surface area contributed by atoms with E-state index < -0.39 is 6.04 Å². The molecule has 1 N–H and O–H groups in total. The first-order chi connectivity index (χ1) is 18.5. The number of methoxy groups -OCH3 is 1. The van der Waals surface area contributed by atoms with Crippen LogP contribution >= 0.6 is 11.6 Å². The van der Waals surface area contributed by atoms with Crippen LogP contribution in [0.4, 0.5) is 0 Å². The summed E-state index contributed by atoms with van der Waals surface area (Å²) >= 11 is 6.09. The van der Waals surface area contributed by atoms with Crippen molar-refractivity contribution in [3.8, 4) is 23.0 Å². The van der Waals surface area contributed by atoms with Crippen molar-refractivity contribution in [3.63, 3.8) is 0 Å². The molecule has 1 saturated carbocycles. The topological polar surface area (TPSA) is 86.3 Å². The molecule has 206 valence electrons. The number of hydrogen-bond acceptors (Lipinski definition) is 6. The minimum absolute atomic E-state index is 0.0695. The van der Waals surface area contributed by atoms with Crippen molar-refractivity contribution in [1.82, 2.24) is 10.2 Å². The molecular formula is C29H37ClN2O6. The lowest BCUT2D eigenvalue weighted by Crippen LogP contribution is -2.46. The molecule has 2 aromatic carbocycles. The zero-order chi connectivity index (χ0) is 26.9. The van der Waals surface area contributed by atoms with E-state index in [9.17, 15) is 9.59 Å². The van der Waals surface area contributed by atoms with Crippen LogP contribution in [-0.4, -0.2) is 49.1 Å². The van der Waals surface area contributed by atoms with Gasteiger partial charge in [0, 0.05) is 12.6 Å². The van der Waals surface area contributed by atoms with E-state index in [1.807, 2.05) is 31.2 Å². The minimum Gasteiger partial charge on any atom is -0.493 e. The van der Waals surface area contributed by atoms with Crippen molar-refractivity contribution >= 4 is 23.4 Å². The second kappa shape index (κ2) is 13.6. The molecule has 0 saturated heterocycles. The van der Waals surface area contributed by atoms with Gasteiger partial charge in [-0.05, 0) is 54.7 Å². The van der Waals surface area contributed by atoms with Gasteiger partial charge in [-0.1, -0.05) is 44.7 Å². The van der Waals surface area contributed by atoms with Gasteiger partial charge in [0.25, 0.3) is 0 Å². The standard InChI is InChI=1S/C29H37ClN2O6/c1-3-14-36-23-13-11-21(16-25(23)35-2)28(29(34)31-22-8-6-4-5-7-9-22)32(27(33)17-30)18-20-10-12-24-26(15-20)38-19-37-24/h10-13,15-16,22,28H,3-9,14,17-19H2,1-2H3,(H,31,34)/t28-/m0/s1. The van der Waals surface area contributed by atoms with E-state index >= 15 is 0 Å². The third kappa shape index (κ3) is 6.84. The summed E-state index contributed by atoms with van der Waals surface area (Å²) in [7, 11) is 1.56. The fourth-order valence-corrected chi connectivity index (χ4v) is 5.15. The Morgan fingerprint density at radius 1 is 1.05 bits per heavy atom. The first kappa shape index (κ1) is 27.9. The van der Waals surface area contributed by atoms with Gasteiger partial charge >= 0.3 is 0 Å². The van der Waals surface area contributed by atoms with E-state index in [-0.39, 0.29) is 37.1 Å². The van der Waals surface area contributed by atoms with E-state index in [4.69, 9.17) is 30.5 Å². The maximum Gasteiger partial charge on any atom is 0.247 e. The molecule has 2 amide bonds. The predicted molar refractivity (Wildman–Crippen MR) is 145 cm³/mol. The molecule has 4 rings (SSSR count). The number of halogens is 1. The van der Waals surface area contributed by atoms with Gasteiger partial charge in [0.05, 0.1) is 13.7 Å². The van der Waals surface area contributed by atoms with E-state index in [0.717, 1.165) is 37.7 Å². The molecule has 1 fully saturated rings. The Morgan fingerprint density at radius 3 is 2.53 bits per heavy atom. The number of hydrogen-bond donors (Lipinski definition) is 1. The van der Waals surface area contributed by atoms with Gasteiger partial charge in [0.2, 0.25) is 18.6 Å². The number of benzene rings is 2. The van der Waals surface area contributed by atoms with Crippen LogP contribution in [0.1, 0.15) is 69.0 Å². The van der Waals surface area contributed by atoms with Gasteiger partial charge in [-0.25, -0.2) is 0 Å². The second-order valence-electron chi connectivity index (χ2n) is 9.70. The second-order valence-corrected chi connectivity index (χ2v) is 9.97.